The first kappa shape index (κ1) is 13.6. The van der Waals surface area contributed by atoms with E-state index in [1.807, 2.05) is 11.4 Å². The van der Waals surface area contributed by atoms with Crippen molar-refractivity contribution in [1.82, 2.24) is 0 Å². The van der Waals surface area contributed by atoms with Crippen LogP contribution < -0.4 is 4.90 Å². The molecule has 1 aromatic carbocycles. The Bertz CT molecular complexity index is 706. The van der Waals surface area contributed by atoms with Crippen molar-refractivity contribution in [1.29, 1.82) is 5.26 Å². The Labute approximate surface area is 126 Å². The lowest BCUT2D eigenvalue weighted by molar-refractivity contribution is -0.384. The summed E-state index contributed by atoms with van der Waals surface area (Å²) in [5.41, 5.74) is 1.12. The second kappa shape index (κ2) is 5.54. The fourth-order valence-corrected chi connectivity index (χ4v) is 3.68. The number of nitro benzene ring substituents is 1. The summed E-state index contributed by atoms with van der Waals surface area (Å²) >= 11 is 1.71. The van der Waals surface area contributed by atoms with Crippen LogP contribution in [0.1, 0.15) is 29.3 Å². The summed E-state index contributed by atoms with van der Waals surface area (Å²) in [4.78, 5) is 13.8. The minimum atomic E-state index is -0.467. The second-order valence-electron chi connectivity index (χ2n) is 4.94. The molecule has 1 fully saturated rings. The van der Waals surface area contributed by atoms with E-state index in [9.17, 15) is 15.4 Å². The Kier molecular flexibility index (Phi) is 3.59. The quantitative estimate of drug-likeness (QED) is 0.637. The van der Waals surface area contributed by atoms with Gasteiger partial charge in [-0.05, 0) is 30.4 Å². The van der Waals surface area contributed by atoms with Crippen molar-refractivity contribution in [3.63, 3.8) is 0 Å². The first-order valence-corrected chi connectivity index (χ1v) is 7.57. The smallest absolute Gasteiger partial charge is 0.270 e. The van der Waals surface area contributed by atoms with Crippen LogP contribution in [0.2, 0.25) is 0 Å². The zero-order valence-corrected chi connectivity index (χ0v) is 12.0. The van der Waals surface area contributed by atoms with Crippen LogP contribution >= 0.6 is 11.3 Å². The lowest BCUT2D eigenvalue weighted by Crippen LogP contribution is -2.22. The van der Waals surface area contributed by atoms with E-state index in [1.165, 1.54) is 17.0 Å². The minimum absolute atomic E-state index is 0.0397. The zero-order valence-electron chi connectivity index (χ0n) is 11.2. The van der Waals surface area contributed by atoms with Gasteiger partial charge in [0.15, 0.2) is 0 Å². The van der Waals surface area contributed by atoms with Crippen molar-refractivity contribution >= 4 is 22.7 Å². The lowest BCUT2D eigenvalue weighted by atomic mass is 10.1. The average molecular weight is 299 g/mol. The standard InChI is InChI=1S/C15H13N3O2S/c16-10-11-9-12(18(19)20)5-6-13(11)17-7-1-3-14(17)15-4-2-8-21-15/h2,4-6,8-9,14H,1,3,7H2. The maximum Gasteiger partial charge on any atom is 0.270 e. The van der Waals surface area contributed by atoms with Gasteiger partial charge in [-0.25, -0.2) is 0 Å². The van der Waals surface area contributed by atoms with Gasteiger partial charge in [-0.1, -0.05) is 6.07 Å². The molecule has 0 bridgehead atoms. The number of benzene rings is 1. The van der Waals surface area contributed by atoms with Crippen LogP contribution in [-0.4, -0.2) is 11.5 Å². The summed E-state index contributed by atoms with van der Waals surface area (Å²) in [7, 11) is 0. The molecule has 1 aliphatic rings. The van der Waals surface area contributed by atoms with E-state index in [4.69, 9.17) is 0 Å². The summed E-state index contributed by atoms with van der Waals surface area (Å²) in [5.74, 6) is 0. The van der Waals surface area contributed by atoms with Gasteiger partial charge in [0, 0.05) is 23.6 Å². The van der Waals surface area contributed by atoms with Gasteiger partial charge in [0.2, 0.25) is 0 Å². The van der Waals surface area contributed by atoms with Crippen LogP contribution in [0, 0.1) is 21.4 Å². The van der Waals surface area contributed by atoms with Gasteiger partial charge in [0.05, 0.1) is 22.2 Å². The molecule has 0 saturated carbocycles. The van der Waals surface area contributed by atoms with E-state index >= 15 is 0 Å². The van der Waals surface area contributed by atoms with Crippen LogP contribution in [0.3, 0.4) is 0 Å². The number of nitriles is 1. The summed E-state index contributed by atoms with van der Waals surface area (Å²) in [6, 6.07) is 11.0. The minimum Gasteiger partial charge on any atom is -0.363 e. The van der Waals surface area contributed by atoms with Gasteiger partial charge in [0.1, 0.15) is 6.07 Å². The van der Waals surface area contributed by atoms with E-state index in [-0.39, 0.29) is 11.7 Å². The first-order valence-electron chi connectivity index (χ1n) is 6.69. The van der Waals surface area contributed by atoms with Gasteiger partial charge in [-0.3, -0.25) is 10.1 Å². The van der Waals surface area contributed by atoms with Crippen LogP contribution in [0.15, 0.2) is 35.7 Å². The highest BCUT2D eigenvalue weighted by Crippen LogP contribution is 2.39. The normalized spacial score (nSPS) is 17.7. The summed E-state index contributed by atoms with van der Waals surface area (Å²) < 4.78 is 0. The molecule has 3 rings (SSSR count). The number of non-ortho nitro benzene ring substituents is 1. The Morgan fingerprint density at radius 3 is 2.95 bits per heavy atom. The van der Waals surface area contributed by atoms with Crippen LogP contribution in [0.4, 0.5) is 11.4 Å². The van der Waals surface area contributed by atoms with E-state index in [1.54, 1.807) is 17.4 Å². The molecule has 5 nitrogen and oxygen atoms in total. The molecule has 1 atom stereocenters. The first-order chi connectivity index (χ1) is 10.2. The molecule has 0 N–H and O–H groups in total. The number of nitro groups is 1. The fraction of sp³-hybridized carbons (Fsp3) is 0.267. The second-order valence-corrected chi connectivity index (χ2v) is 5.92. The molecule has 1 aromatic heterocycles. The van der Waals surface area contributed by atoms with Gasteiger partial charge in [-0.2, -0.15) is 5.26 Å². The van der Waals surface area contributed by atoms with Gasteiger partial charge >= 0.3 is 0 Å². The Morgan fingerprint density at radius 1 is 1.43 bits per heavy atom. The third-order valence-corrected chi connectivity index (χ3v) is 4.72. The molecule has 1 unspecified atom stereocenters. The molecule has 0 radical (unpaired) electrons. The Balaban J connectivity index is 2.00. The van der Waals surface area contributed by atoms with Crippen molar-refractivity contribution < 1.29 is 4.92 Å². The molecule has 0 aliphatic carbocycles. The molecule has 2 aromatic rings. The highest BCUT2D eigenvalue weighted by atomic mass is 32.1. The van der Waals surface area contributed by atoms with Gasteiger partial charge in [-0.15, -0.1) is 11.3 Å². The summed E-state index contributed by atoms with van der Waals surface area (Å²) in [6.07, 6.45) is 2.10. The molecular formula is C15H13N3O2S. The van der Waals surface area contributed by atoms with Crippen molar-refractivity contribution in [3.8, 4) is 6.07 Å². The van der Waals surface area contributed by atoms with Crippen molar-refractivity contribution in [2.45, 2.75) is 18.9 Å². The van der Waals surface area contributed by atoms with E-state index < -0.39 is 4.92 Å². The van der Waals surface area contributed by atoms with Crippen molar-refractivity contribution in [3.05, 3.63) is 56.3 Å². The number of hydrogen-bond acceptors (Lipinski definition) is 5. The zero-order chi connectivity index (χ0) is 14.8. The topological polar surface area (TPSA) is 70.2 Å². The van der Waals surface area contributed by atoms with Crippen LogP contribution in [0.25, 0.3) is 0 Å². The number of nitrogens with zero attached hydrogens (tertiary/aromatic N) is 3. The molecule has 1 saturated heterocycles. The van der Waals surface area contributed by atoms with E-state index in [0.29, 0.717) is 5.56 Å². The molecule has 1 aliphatic heterocycles. The summed E-state index contributed by atoms with van der Waals surface area (Å²) in [6.45, 7) is 0.870. The predicted molar refractivity (Wildman–Crippen MR) is 81.5 cm³/mol. The number of thiophene rings is 1. The Hall–Kier alpha value is -2.39. The average Bonchev–Trinajstić information content (AvgIpc) is 3.16. The summed E-state index contributed by atoms with van der Waals surface area (Å²) in [5, 5.41) is 22.2. The monoisotopic (exact) mass is 299 g/mol. The SMILES string of the molecule is N#Cc1cc([N+](=O)[O-])ccc1N1CCCC1c1cccs1. The largest absolute Gasteiger partial charge is 0.363 e. The maximum absolute atomic E-state index is 10.8. The molecule has 2 heterocycles. The van der Waals surface area contributed by atoms with Crippen molar-refractivity contribution in [2.24, 2.45) is 0 Å². The number of hydrogen-bond donors (Lipinski definition) is 0. The van der Waals surface area contributed by atoms with E-state index in [0.717, 1.165) is 25.1 Å². The van der Waals surface area contributed by atoms with Crippen LogP contribution in [0.5, 0.6) is 0 Å². The molecule has 21 heavy (non-hydrogen) atoms. The number of rotatable bonds is 3. The third-order valence-electron chi connectivity index (χ3n) is 3.75. The van der Waals surface area contributed by atoms with Gasteiger partial charge in [0.25, 0.3) is 5.69 Å². The lowest BCUT2D eigenvalue weighted by Gasteiger charge is -2.26. The highest BCUT2D eigenvalue weighted by molar-refractivity contribution is 7.10. The molecular weight excluding hydrogens is 286 g/mol. The third kappa shape index (κ3) is 2.48. The predicted octanol–water partition coefficient (Wildman–Crippen LogP) is 3.87. The van der Waals surface area contributed by atoms with E-state index in [2.05, 4.69) is 17.0 Å². The molecule has 106 valence electrons. The van der Waals surface area contributed by atoms with Crippen LogP contribution in [-0.2, 0) is 0 Å². The van der Waals surface area contributed by atoms with Crippen molar-refractivity contribution in [2.75, 3.05) is 11.4 Å². The fourth-order valence-electron chi connectivity index (χ4n) is 2.81. The number of anilines is 1. The Morgan fingerprint density at radius 2 is 2.29 bits per heavy atom. The maximum atomic E-state index is 10.8. The molecule has 6 heteroatoms. The highest BCUT2D eigenvalue weighted by Gasteiger charge is 2.29. The van der Waals surface area contributed by atoms with Gasteiger partial charge < -0.3 is 4.90 Å². The molecule has 0 amide bonds. The molecule has 0 spiro atoms.